The lowest BCUT2D eigenvalue weighted by atomic mass is 10.1. The molecule has 0 aliphatic heterocycles. The molecule has 0 aromatic heterocycles. The molecule has 7 heteroatoms. The number of ether oxygens (including phenoxy) is 1. The highest BCUT2D eigenvalue weighted by Gasteiger charge is 2.21. The van der Waals surface area contributed by atoms with Gasteiger partial charge in [0.1, 0.15) is 6.04 Å². The second-order valence-corrected chi connectivity index (χ2v) is 4.55. The predicted molar refractivity (Wildman–Crippen MR) is 74.3 cm³/mol. The van der Waals surface area contributed by atoms with Gasteiger partial charge in [-0.25, -0.2) is 9.59 Å². The molecule has 0 saturated carbocycles. The van der Waals surface area contributed by atoms with Gasteiger partial charge in [-0.15, -0.1) is 0 Å². The molecule has 0 radical (unpaired) electrons. The quantitative estimate of drug-likeness (QED) is 0.449. The van der Waals surface area contributed by atoms with Gasteiger partial charge in [-0.3, -0.25) is 0 Å². The first-order valence-corrected chi connectivity index (χ1v) is 6.61. The number of aromatic hydroxyl groups is 2. The Morgan fingerprint density at radius 3 is 2.57 bits per heavy atom. The number of carbonyl (C=O) groups is 2. The van der Waals surface area contributed by atoms with E-state index in [0.29, 0.717) is 12.0 Å². The molecule has 0 aliphatic carbocycles. The first-order valence-electron chi connectivity index (χ1n) is 6.61. The van der Waals surface area contributed by atoms with Gasteiger partial charge in [0.15, 0.2) is 11.5 Å². The lowest BCUT2D eigenvalue weighted by molar-refractivity contribution is -0.139. The maximum absolute atomic E-state index is 11.5. The van der Waals surface area contributed by atoms with Crippen LogP contribution in [0.1, 0.15) is 25.3 Å². The third-order valence-electron chi connectivity index (χ3n) is 2.80. The SMILES string of the molecule is CCCCOC(=O)N[C@@H](Cc1ccc(O)c(O)c1)C(=O)O. The Balaban J connectivity index is 2.63. The van der Waals surface area contributed by atoms with E-state index in [1.165, 1.54) is 18.2 Å². The fourth-order valence-corrected chi connectivity index (χ4v) is 1.62. The van der Waals surface area contributed by atoms with Crippen molar-refractivity contribution in [1.29, 1.82) is 0 Å². The van der Waals surface area contributed by atoms with E-state index in [1.807, 2.05) is 6.92 Å². The number of nitrogens with one attached hydrogen (secondary N) is 1. The molecule has 116 valence electrons. The molecule has 1 amide bonds. The molecule has 1 rings (SSSR count). The molecule has 7 nitrogen and oxygen atoms in total. The number of alkyl carbamates (subject to hydrolysis) is 1. The van der Waals surface area contributed by atoms with E-state index < -0.39 is 18.1 Å². The Labute approximate surface area is 122 Å². The molecule has 21 heavy (non-hydrogen) atoms. The standard InChI is InChI=1S/C14H19NO6/c1-2-3-6-21-14(20)15-10(13(18)19)7-9-4-5-11(16)12(17)8-9/h4-5,8,10,16-17H,2-3,6-7H2,1H3,(H,15,20)(H,18,19)/t10-/m0/s1. The molecule has 0 bridgehead atoms. The van der Waals surface area contributed by atoms with Crippen LogP contribution in [0.2, 0.25) is 0 Å². The zero-order valence-electron chi connectivity index (χ0n) is 11.7. The van der Waals surface area contributed by atoms with E-state index in [0.717, 1.165) is 6.42 Å². The highest BCUT2D eigenvalue weighted by Crippen LogP contribution is 2.25. The van der Waals surface area contributed by atoms with Crippen molar-refractivity contribution in [2.24, 2.45) is 0 Å². The van der Waals surface area contributed by atoms with Crippen molar-refractivity contribution in [3.05, 3.63) is 23.8 Å². The number of hydrogen-bond acceptors (Lipinski definition) is 5. The molecule has 0 fully saturated rings. The first-order chi connectivity index (χ1) is 9.93. The Morgan fingerprint density at radius 1 is 1.29 bits per heavy atom. The number of aliphatic carboxylic acids is 1. The van der Waals surface area contributed by atoms with Crippen molar-refractivity contribution >= 4 is 12.1 Å². The van der Waals surface area contributed by atoms with E-state index in [2.05, 4.69) is 5.32 Å². The number of carbonyl (C=O) groups excluding carboxylic acids is 1. The van der Waals surface area contributed by atoms with Crippen LogP contribution in [0.15, 0.2) is 18.2 Å². The van der Waals surface area contributed by atoms with Crippen LogP contribution in [0.5, 0.6) is 11.5 Å². The minimum absolute atomic E-state index is 0.0357. The van der Waals surface area contributed by atoms with Gasteiger partial charge in [0, 0.05) is 6.42 Å². The molecule has 4 N–H and O–H groups in total. The van der Waals surface area contributed by atoms with Gasteiger partial charge in [-0.05, 0) is 24.1 Å². The summed E-state index contributed by atoms with van der Waals surface area (Å²) < 4.78 is 4.84. The summed E-state index contributed by atoms with van der Waals surface area (Å²) in [4.78, 5) is 22.6. The number of benzene rings is 1. The molecule has 0 heterocycles. The summed E-state index contributed by atoms with van der Waals surface area (Å²) in [6.07, 6.45) is 0.740. The van der Waals surface area contributed by atoms with Crippen LogP contribution in [0.4, 0.5) is 4.79 Å². The first kappa shape index (κ1) is 16.6. The molecular formula is C14H19NO6. The maximum Gasteiger partial charge on any atom is 0.407 e. The zero-order valence-corrected chi connectivity index (χ0v) is 11.7. The summed E-state index contributed by atoms with van der Waals surface area (Å²) in [5, 5.41) is 29.9. The third-order valence-corrected chi connectivity index (χ3v) is 2.80. The molecule has 1 aromatic carbocycles. The van der Waals surface area contributed by atoms with Crippen LogP contribution in [0.3, 0.4) is 0 Å². The van der Waals surface area contributed by atoms with Crippen molar-refractivity contribution < 1.29 is 29.6 Å². The van der Waals surface area contributed by atoms with Crippen LogP contribution in [0.25, 0.3) is 0 Å². The lowest BCUT2D eigenvalue weighted by Crippen LogP contribution is -2.42. The van der Waals surface area contributed by atoms with Gasteiger partial charge in [0.05, 0.1) is 6.61 Å². The summed E-state index contributed by atoms with van der Waals surface area (Å²) in [5.41, 5.74) is 0.464. The largest absolute Gasteiger partial charge is 0.504 e. The van der Waals surface area contributed by atoms with E-state index in [-0.39, 0.29) is 24.5 Å². The highest BCUT2D eigenvalue weighted by molar-refractivity contribution is 5.80. The van der Waals surface area contributed by atoms with Crippen molar-refractivity contribution in [3.8, 4) is 11.5 Å². The summed E-state index contributed by atoms with van der Waals surface area (Å²) in [7, 11) is 0. The van der Waals surface area contributed by atoms with Crippen molar-refractivity contribution in [2.45, 2.75) is 32.2 Å². The van der Waals surface area contributed by atoms with E-state index in [1.54, 1.807) is 0 Å². The number of unbranched alkanes of at least 4 members (excludes halogenated alkanes) is 1. The van der Waals surface area contributed by atoms with Crippen LogP contribution in [0, 0.1) is 0 Å². The second-order valence-electron chi connectivity index (χ2n) is 4.55. The molecule has 0 saturated heterocycles. The average Bonchev–Trinajstić information content (AvgIpc) is 2.42. The zero-order chi connectivity index (χ0) is 15.8. The number of phenolic OH excluding ortho intramolecular Hbond substituents is 2. The molecular weight excluding hydrogens is 278 g/mol. The fourth-order valence-electron chi connectivity index (χ4n) is 1.62. The van der Waals surface area contributed by atoms with Gasteiger partial charge < -0.3 is 25.4 Å². The third kappa shape index (κ3) is 5.60. The van der Waals surface area contributed by atoms with E-state index in [9.17, 15) is 19.8 Å². The van der Waals surface area contributed by atoms with Crippen LogP contribution < -0.4 is 5.32 Å². The molecule has 1 aromatic rings. The highest BCUT2D eigenvalue weighted by atomic mass is 16.5. The van der Waals surface area contributed by atoms with E-state index in [4.69, 9.17) is 9.84 Å². The number of rotatable bonds is 7. The number of carboxylic acids is 1. The van der Waals surface area contributed by atoms with Gasteiger partial charge in [0.2, 0.25) is 0 Å². The maximum atomic E-state index is 11.5. The Bertz CT molecular complexity index is 502. The molecule has 0 unspecified atom stereocenters. The Kier molecular flexibility index (Phi) is 6.32. The number of carboxylic acid groups (broad SMARTS) is 1. The van der Waals surface area contributed by atoms with Gasteiger partial charge in [0.25, 0.3) is 0 Å². The van der Waals surface area contributed by atoms with Gasteiger partial charge >= 0.3 is 12.1 Å². The minimum atomic E-state index is -1.21. The van der Waals surface area contributed by atoms with Crippen LogP contribution in [-0.4, -0.2) is 40.0 Å². The van der Waals surface area contributed by atoms with Crippen molar-refractivity contribution in [2.75, 3.05) is 6.61 Å². The summed E-state index contributed by atoms with van der Waals surface area (Å²) in [6, 6.07) is 2.79. The predicted octanol–water partition coefficient (Wildman–Crippen LogP) is 1.62. The fraction of sp³-hybridized carbons (Fsp3) is 0.429. The Hall–Kier alpha value is -2.44. The molecule has 0 spiro atoms. The number of hydrogen-bond donors (Lipinski definition) is 4. The summed E-state index contributed by atoms with van der Waals surface area (Å²) in [5.74, 6) is -1.85. The lowest BCUT2D eigenvalue weighted by Gasteiger charge is -2.15. The number of amides is 1. The second kappa shape index (κ2) is 7.98. The Morgan fingerprint density at radius 2 is 2.00 bits per heavy atom. The molecule has 1 atom stereocenters. The average molecular weight is 297 g/mol. The van der Waals surface area contributed by atoms with Gasteiger partial charge in [-0.1, -0.05) is 19.4 Å². The summed E-state index contributed by atoms with van der Waals surface area (Å²) in [6.45, 7) is 2.17. The normalized spacial score (nSPS) is 11.7. The van der Waals surface area contributed by atoms with Crippen molar-refractivity contribution in [3.63, 3.8) is 0 Å². The minimum Gasteiger partial charge on any atom is -0.504 e. The van der Waals surface area contributed by atoms with Crippen molar-refractivity contribution in [1.82, 2.24) is 5.32 Å². The topological polar surface area (TPSA) is 116 Å². The monoisotopic (exact) mass is 297 g/mol. The van der Waals surface area contributed by atoms with E-state index >= 15 is 0 Å². The molecule has 0 aliphatic rings. The van der Waals surface area contributed by atoms with Crippen LogP contribution >= 0.6 is 0 Å². The van der Waals surface area contributed by atoms with Crippen LogP contribution in [-0.2, 0) is 16.0 Å². The number of phenols is 2. The van der Waals surface area contributed by atoms with Gasteiger partial charge in [-0.2, -0.15) is 0 Å². The summed E-state index contributed by atoms with van der Waals surface area (Å²) >= 11 is 0. The smallest absolute Gasteiger partial charge is 0.407 e.